The summed E-state index contributed by atoms with van der Waals surface area (Å²) < 4.78 is 5.24. The van der Waals surface area contributed by atoms with Crippen LogP contribution in [0.2, 0.25) is 0 Å². The summed E-state index contributed by atoms with van der Waals surface area (Å²) in [6.45, 7) is 11.4. The molecule has 2 saturated carbocycles. The van der Waals surface area contributed by atoms with Crippen molar-refractivity contribution in [3.05, 3.63) is 12.2 Å². The molecule has 3 heteroatoms. The Morgan fingerprint density at radius 3 is 2.80 bits per heavy atom. The van der Waals surface area contributed by atoms with Crippen LogP contribution in [0.25, 0.3) is 0 Å². The Morgan fingerprint density at radius 2 is 2.20 bits per heavy atom. The van der Waals surface area contributed by atoms with Gasteiger partial charge in [0.15, 0.2) is 0 Å². The molecule has 1 amide bonds. The van der Waals surface area contributed by atoms with Crippen LogP contribution in [0.5, 0.6) is 0 Å². The second-order valence-electron chi connectivity index (χ2n) is 7.58. The smallest absolute Gasteiger partial charge is 0.232 e. The fourth-order valence-electron chi connectivity index (χ4n) is 4.81. The third-order valence-electron chi connectivity index (χ3n) is 6.28. The molecule has 0 spiro atoms. The summed E-state index contributed by atoms with van der Waals surface area (Å²) in [5, 5.41) is 0. The zero-order chi connectivity index (χ0) is 14.5. The monoisotopic (exact) mass is 277 g/mol. The van der Waals surface area contributed by atoms with Gasteiger partial charge in [-0.05, 0) is 37.0 Å². The molecule has 0 N–H and O–H groups in total. The lowest BCUT2D eigenvalue weighted by atomic mass is 9.68. The Kier molecular flexibility index (Phi) is 3.24. The van der Waals surface area contributed by atoms with Gasteiger partial charge in [0.25, 0.3) is 0 Å². The zero-order valence-electron chi connectivity index (χ0n) is 13.1. The minimum atomic E-state index is -0.240. The molecule has 0 aromatic rings. The highest BCUT2D eigenvalue weighted by atomic mass is 16.5. The number of carbonyl (C=O) groups excluding carboxylic acids is 1. The van der Waals surface area contributed by atoms with Crippen molar-refractivity contribution in [2.24, 2.45) is 22.7 Å². The molecule has 3 aliphatic rings. The fraction of sp³-hybridized carbons (Fsp3) is 0.824. The second-order valence-corrected chi connectivity index (χ2v) is 7.58. The molecule has 0 aromatic heterocycles. The van der Waals surface area contributed by atoms with Crippen LogP contribution < -0.4 is 0 Å². The van der Waals surface area contributed by atoms with E-state index in [9.17, 15) is 4.79 Å². The summed E-state index contributed by atoms with van der Waals surface area (Å²) in [4.78, 5) is 15.2. The SMILES string of the molecule is C=C1C(C)(C)[C@@H]2CC[C@@]1(C(=O)N1CC[C@H](COC)C1)C2. The Bertz CT molecular complexity index is 442. The predicted octanol–water partition coefficient (Wildman–Crippen LogP) is 2.86. The first-order valence-corrected chi connectivity index (χ1v) is 7.90. The molecule has 20 heavy (non-hydrogen) atoms. The molecule has 2 bridgehead atoms. The van der Waals surface area contributed by atoms with Crippen LogP contribution in [-0.4, -0.2) is 37.6 Å². The van der Waals surface area contributed by atoms with Gasteiger partial charge in [-0.1, -0.05) is 26.0 Å². The minimum Gasteiger partial charge on any atom is -0.384 e. The number of ether oxygens (including phenoxy) is 1. The Morgan fingerprint density at radius 1 is 1.45 bits per heavy atom. The van der Waals surface area contributed by atoms with E-state index in [0.29, 0.717) is 17.7 Å². The maximum absolute atomic E-state index is 13.1. The number of amides is 1. The average molecular weight is 277 g/mol. The average Bonchev–Trinajstić information content (AvgIpc) is 3.07. The molecule has 3 atom stereocenters. The van der Waals surface area contributed by atoms with Crippen molar-refractivity contribution in [3.8, 4) is 0 Å². The number of fused-ring (bicyclic) bond motifs is 2. The first-order chi connectivity index (χ1) is 9.41. The number of hydrogen-bond donors (Lipinski definition) is 0. The number of rotatable bonds is 3. The maximum atomic E-state index is 13.1. The molecule has 0 unspecified atom stereocenters. The van der Waals surface area contributed by atoms with Crippen molar-refractivity contribution in [1.82, 2.24) is 4.90 Å². The van der Waals surface area contributed by atoms with Gasteiger partial charge in [0.05, 0.1) is 12.0 Å². The molecule has 112 valence electrons. The van der Waals surface area contributed by atoms with E-state index in [2.05, 4.69) is 25.3 Å². The first-order valence-electron chi connectivity index (χ1n) is 7.90. The predicted molar refractivity (Wildman–Crippen MR) is 79.3 cm³/mol. The van der Waals surface area contributed by atoms with Gasteiger partial charge in [-0.15, -0.1) is 0 Å². The molecule has 3 nitrogen and oxygen atoms in total. The van der Waals surface area contributed by atoms with Crippen LogP contribution in [0.4, 0.5) is 0 Å². The van der Waals surface area contributed by atoms with Crippen LogP contribution in [0, 0.1) is 22.7 Å². The number of methoxy groups -OCH3 is 1. The van der Waals surface area contributed by atoms with E-state index in [0.717, 1.165) is 39.0 Å². The lowest BCUT2D eigenvalue weighted by Crippen LogP contribution is -2.43. The summed E-state index contributed by atoms with van der Waals surface area (Å²) in [6, 6.07) is 0. The quantitative estimate of drug-likeness (QED) is 0.742. The molecule has 3 rings (SSSR count). The van der Waals surface area contributed by atoms with Crippen LogP contribution in [0.1, 0.15) is 39.5 Å². The number of nitrogens with zero attached hydrogens (tertiary/aromatic N) is 1. The van der Waals surface area contributed by atoms with Gasteiger partial charge in [0.2, 0.25) is 5.91 Å². The van der Waals surface area contributed by atoms with E-state index in [-0.39, 0.29) is 10.8 Å². The van der Waals surface area contributed by atoms with Crippen LogP contribution in [-0.2, 0) is 9.53 Å². The minimum absolute atomic E-state index is 0.138. The van der Waals surface area contributed by atoms with Crippen LogP contribution >= 0.6 is 0 Å². The lowest BCUT2D eigenvalue weighted by molar-refractivity contribution is -0.138. The summed E-state index contributed by atoms with van der Waals surface area (Å²) in [6.07, 6.45) is 4.31. The van der Waals surface area contributed by atoms with Gasteiger partial charge in [-0.2, -0.15) is 0 Å². The van der Waals surface area contributed by atoms with Gasteiger partial charge in [-0.3, -0.25) is 4.79 Å². The molecular formula is C17H27NO2. The highest BCUT2D eigenvalue weighted by Gasteiger charge is 2.61. The normalized spacial score (nSPS) is 38.8. The number of hydrogen-bond acceptors (Lipinski definition) is 2. The Labute approximate surface area is 122 Å². The van der Waals surface area contributed by atoms with Crippen LogP contribution in [0.15, 0.2) is 12.2 Å². The maximum Gasteiger partial charge on any atom is 0.232 e. The summed E-state index contributed by atoms with van der Waals surface area (Å²) in [5.41, 5.74) is 1.09. The van der Waals surface area contributed by atoms with Crippen molar-refractivity contribution in [1.29, 1.82) is 0 Å². The Balaban J connectivity index is 1.77. The van der Waals surface area contributed by atoms with Crippen LogP contribution in [0.3, 0.4) is 0 Å². The Hall–Kier alpha value is -0.830. The summed E-state index contributed by atoms with van der Waals surface area (Å²) in [5.74, 6) is 1.52. The largest absolute Gasteiger partial charge is 0.384 e. The molecule has 1 heterocycles. The molecule has 0 aromatic carbocycles. The van der Waals surface area contributed by atoms with Gasteiger partial charge < -0.3 is 9.64 Å². The van der Waals surface area contributed by atoms with Gasteiger partial charge in [-0.25, -0.2) is 0 Å². The first kappa shape index (κ1) is 14.1. The van der Waals surface area contributed by atoms with E-state index >= 15 is 0 Å². The van der Waals surface area contributed by atoms with Crippen molar-refractivity contribution in [3.63, 3.8) is 0 Å². The molecule has 2 aliphatic carbocycles. The standard InChI is InChI=1S/C17H27NO2/c1-12-16(2,3)14-5-7-17(12,9-14)15(19)18-8-6-13(10-18)11-20-4/h13-14H,1,5-11H2,2-4H3/t13-,14+,17+/m0/s1. The van der Waals surface area contributed by atoms with Crippen molar-refractivity contribution < 1.29 is 9.53 Å². The van der Waals surface area contributed by atoms with Gasteiger partial charge in [0.1, 0.15) is 0 Å². The number of carbonyl (C=O) groups is 1. The second kappa shape index (κ2) is 4.59. The van der Waals surface area contributed by atoms with E-state index in [1.807, 2.05) is 0 Å². The van der Waals surface area contributed by atoms with Gasteiger partial charge >= 0.3 is 0 Å². The molecule has 0 radical (unpaired) electrons. The molecule has 3 fully saturated rings. The fourth-order valence-corrected chi connectivity index (χ4v) is 4.81. The van der Waals surface area contributed by atoms with E-state index in [1.165, 1.54) is 12.0 Å². The summed E-state index contributed by atoms with van der Waals surface area (Å²) >= 11 is 0. The van der Waals surface area contributed by atoms with E-state index < -0.39 is 0 Å². The third-order valence-corrected chi connectivity index (χ3v) is 6.28. The third kappa shape index (κ3) is 1.78. The highest BCUT2D eigenvalue weighted by Crippen LogP contribution is 2.66. The van der Waals surface area contributed by atoms with Crippen molar-refractivity contribution >= 4 is 5.91 Å². The molecule has 1 aliphatic heterocycles. The molecule has 1 saturated heterocycles. The van der Waals surface area contributed by atoms with Crippen molar-refractivity contribution in [2.45, 2.75) is 39.5 Å². The lowest BCUT2D eigenvalue weighted by Gasteiger charge is -2.39. The van der Waals surface area contributed by atoms with Gasteiger partial charge in [0, 0.05) is 26.1 Å². The van der Waals surface area contributed by atoms with Crippen molar-refractivity contribution in [2.75, 3.05) is 26.8 Å². The van der Waals surface area contributed by atoms with E-state index in [1.54, 1.807) is 7.11 Å². The summed E-state index contributed by atoms with van der Waals surface area (Å²) in [7, 11) is 1.74. The van der Waals surface area contributed by atoms with E-state index in [4.69, 9.17) is 4.74 Å². The highest BCUT2D eigenvalue weighted by molar-refractivity contribution is 5.88. The molecular weight excluding hydrogens is 250 g/mol. The number of likely N-dealkylation sites (tertiary alicyclic amines) is 1. The topological polar surface area (TPSA) is 29.5 Å². The zero-order valence-corrected chi connectivity index (χ0v) is 13.1.